The van der Waals surface area contributed by atoms with Crippen LogP contribution in [0.3, 0.4) is 0 Å². The highest BCUT2D eigenvalue weighted by Crippen LogP contribution is 2.16. The fraction of sp³-hybridized carbons (Fsp3) is 0.818. The van der Waals surface area contributed by atoms with Crippen molar-refractivity contribution in [2.75, 3.05) is 0 Å². The van der Waals surface area contributed by atoms with E-state index >= 15 is 0 Å². The van der Waals surface area contributed by atoms with Gasteiger partial charge in [0, 0.05) is 0 Å². The molecule has 1 nitrogen and oxygen atoms in total. The Morgan fingerprint density at radius 2 is 2.00 bits per heavy atom. The average molecular weight is 200 g/mol. The van der Waals surface area contributed by atoms with Gasteiger partial charge in [0.1, 0.15) is 10.5 Å². The van der Waals surface area contributed by atoms with Crippen LogP contribution in [0.15, 0.2) is 11.6 Å². The van der Waals surface area contributed by atoms with E-state index in [9.17, 15) is 0 Å². The third-order valence-corrected chi connectivity index (χ3v) is 2.87. The maximum absolute atomic E-state index is 5.58. The van der Waals surface area contributed by atoms with Gasteiger partial charge < -0.3 is 4.43 Å². The second kappa shape index (κ2) is 8.51. The predicted octanol–water partition coefficient (Wildman–Crippen LogP) is 2.59. The molecular formula is C11H24OSi. The van der Waals surface area contributed by atoms with E-state index in [0.29, 0.717) is 6.10 Å². The number of unbranched alkanes of at least 4 members (excludes halogenated alkanes) is 1. The monoisotopic (exact) mass is 200 g/mol. The zero-order chi connectivity index (χ0) is 10.1. The summed E-state index contributed by atoms with van der Waals surface area (Å²) in [5, 5.41) is 0. The summed E-state index contributed by atoms with van der Waals surface area (Å²) in [5.41, 5.74) is 1.53. The molecule has 0 aliphatic heterocycles. The Hall–Kier alpha value is -0.0831. The minimum absolute atomic E-state index is 0.415. The van der Waals surface area contributed by atoms with Gasteiger partial charge >= 0.3 is 0 Å². The normalized spacial score (nSPS) is 14.8. The maximum Gasteiger partial charge on any atom is 0.146 e. The molecule has 0 rings (SSSR count). The summed E-state index contributed by atoms with van der Waals surface area (Å²) in [5.74, 6) is 0. The molecule has 0 aliphatic carbocycles. The number of hydrogen-bond donors (Lipinski definition) is 0. The summed E-state index contributed by atoms with van der Waals surface area (Å²) in [6.07, 6.45) is 8.81. The molecule has 0 radical (unpaired) electrons. The summed E-state index contributed by atoms with van der Waals surface area (Å²) in [4.78, 5) is 0. The molecule has 1 unspecified atom stereocenters. The van der Waals surface area contributed by atoms with Crippen LogP contribution in [0, 0.1) is 0 Å². The van der Waals surface area contributed by atoms with E-state index in [1.54, 1.807) is 0 Å². The minimum atomic E-state index is 0.415. The van der Waals surface area contributed by atoms with Crippen LogP contribution in [-0.4, -0.2) is 16.6 Å². The van der Waals surface area contributed by atoms with E-state index in [2.05, 4.69) is 26.8 Å². The first-order valence-electron chi connectivity index (χ1n) is 5.51. The molecule has 0 N–H and O–H groups in total. The lowest BCUT2D eigenvalue weighted by Gasteiger charge is -2.17. The number of rotatable bonds is 7. The SMILES string of the molecule is CCCC=C(CCC)C(CC)O[SiH3]. The number of hydrogen-bond acceptors (Lipinski definition) is 1. The average Bonchev–Trinajstić information content (AvgIpc) is 2.16. The molecule has 0 saturated carbocycles. The summed E-state index contributed by atoms with van der Waals surface area (Å²) in [7, 11) is 0.855. The van der Waals surface area contributed by atoms with Crippen LogP contribution in [0.1, 0.15) is 52.9 Å². The van der Waals surface area contributed by atoms with Crippen molar-refractivity contribution in [2.45, 2.75) is 59.0 Å². The summed E-state index contributed by atoms with van der Waals surface area (Å²) in [6, 6.07) is 0. The molecule has 1 atom stereocenters. The van der Waals surface area contributed by atoms with Gasteiger partial charge in [0.2, 0.25) is 0 Å². The molecule has 0 saturated heterocycles. The van der Waals surface area contributed by atoms with Crippen molar-refractivity contribution in [3.8, 4) is 0 Å². The van der Waals surface area contributed by atoms with Crippen molar-refractivity contribution >= 4 is 10.5 Å². The Balaban J connectivity index is 4.19. The van der Waals surface area contributed by atoms with Crippen LogP contribution in [0.4, 0.5) is 0 Å². The smallest absolute Gasteiger partial charge is 0.146 e. The molecule has 0 heterocycles. The lowest BCUT2D eigenvalue weighted by molar-refractivity contribution is 0.250. The molecule has 0 amide bonds. The molecule has 13 heavy (non-hydrogen) atoms. The Bertz CT molecular complexity index is 139. The van der Waals surface area contributed by atoms with E-state index in [1.807, 2.05) is 0 Å². The second-order valence-electron chi connectivity index (χ2n) is 3.45. The van der Waals surface area contributed by atoms with Crippen LogP contribution >= 0.6 is 0 Å². The molecular weight excluding hydrogens is 176 g/mol. The Kier molecular flexibility index (Phi) is 8.46. The van der Waals surface area contributed by atoms with Crippen molar-refractivity contribution < 1.29 is 4.43 Å². The van der Waals surface area contributed by atoms with Crippen molar-refractivity contribution in [1.29, 1.82) is 0 Å². The van der Waals surface area contributed by atoms with Gasteiger partial charge in [-0.25, -0.2) is 0 Å². The van der Waals surface area contributed by atoms with Gasteiger partial charge in [-0.15, -0.1) is 0 Å². The fourth-order valence-corrected chi connectivity index (χ4v) is 2.23. The summed E-state index contributed by atoms with van der Waals surface area (Å²) < 4.78 is 5.58. The summed E-state index contributed by atoms with van der Waals surface area (Å²) >= 11 is 0. The fourth-order valence-electron chi connectivity index (χ4n) is 1.59. The standard InChI is InChI=1S/C11H24OSi/c1-4-7-9-10(8-5-2)11(6-3)12-13/h9,11H,4-8H2,1-3,13H3. The van der Waals surface area contributed by atoms with E-state index in [-0.39, 0.29) is 0 Å². The molecule has 0 bridgehead atoms. The lowest BCUT2D eigenvalue weighted by Crippen LogP contribution is -2.13. The van der Waals surface area contributed by atoms with Crippen molar-refractivity contribution in [3.05, 3.63) is 11.6 Å². The van der Waals surface area contributed by atoms with Gasteiger partial charge in [0.25, 0.3) is 0 Å². The van der Waals surface area contributed by atoms with Crippen LogP contribution in [0.5, 0.6) is 0 Å². The van der Waals surface area contributed by atoms with Crippen LogP contribution < -0.4 is 0 Å². The zero-order valence-corrected chi connectivity index (χ0v) is 11.6. The Morgan fingerprint density at radius 1 is 1.31 bits per heavy atom. The van der Waals surface area contributed by atoms with Crippen LogP contribution in [-0.2, 0) is 4.43 Å². The Morgan fingerprint density at radius 3 is 2.38 bits per heavy atom. The summed E-state index contributed by atoms with van der Waals surface area (Å²) in [6.45, 7) is 6.67. The van der Waals surface area contributed by atoms with E-state index in [4.69, 9.17) is 4.43 Å². The molecule has 78 valence electrons. The van der Waals surface area contributed by atoms with Crippen molar-refractivity contribution in [3.63, 3.8) is 0 Å². The zero-order valence-electron chi connectivity index (χ0n) is 9.60. The third kappa shape index (κ3) is 5.27. The molecule has 0 fully saturated rings. The van der Waals surface area contributed by atoms with Gasteiger partial charge in [0.15, 0.2) is 0 Å². The van der Waals surface area contributed by atoms with E-state index in [1.165, 1.54) is 31.3 Å². The Labute approximate surface area is 86.1 Å². The maximum atomic E-state index is 5.58. The molecule has 0 aromatic rings. The van der Waals surface area contributed by atoms with Gasteiger partial charge in [-0.05, 0) is 24.8 Å². The quantitative estimate of drug-likeness (QED) is 0.453. The highest BCUT2D eigenvalue weighted by Gasteiger charge is 2.08. The first-order valence-corrected chi connectivity index (χ1v) is 6.33. The van der Waals surface area contributed by atoms with Gasteiger partial charge in [0.05, 0.1) is 6.10 Å². The van der Waals surface area contributed by atoms with Crippen molar-refractivity contribution in [1.82, 2.24) is 0 Å². The molecule has 0 aromatic carbocycles. The van der Waals surface area contributed by atoms with Gasteiger partial charge in [-0.2, -0.15) is 0 Å². The lowest BCUT2D eigenvalue weighted by atomic mass is 10.0. The highest BCUT2D eigenvalue weighted by atomic mass is 28.2. The van der Waals surface area contributed by atoms with Gasteiger partial charge in [-0.1, -0.05) is 39.7 Å². The van der Waals surface area contributed by atoms with E-state index < -0.39 is 0 Å². The molecule has 2 heteroatoms. The molecule has 0 aliphatic rings. The molecule has 0 aromatic heterocycles. The topological polar surface area (TPSA) is 9.23 Å². The van der Waals surface area contributed by atoms with E-state index in [0.717, 1.165) is 16.9 Å². The van der Waals surface area contributed by atoms with Crippen molar-refractivity contribution in [2.24, 2.45) is 0 Å². The second-order valence-corrected chi connectivity index (χ2v) is 3.92. The number of allylic oxidation sites excluding steroid dienone is 1. The minimum Gasteiger partial charge on any atom is -0.421 e. The van der Waals surface area contributed by atoms with Crippen LogP contribution in [0.25, 0.3) is 0 Å². The molecule has 0 spiro atoms. The van der Waals surface area contributed by atoms with Crippen LogP contribution in [0.2, 0.25) is 0 Å². The predicted molar refractivity (Wildman–Crippen MR) is 63.0 cm³/mol. The third-order valence-electron chi connectivity index (χ3n) is 2.30. The van der Waals surface area contributed by atoms with Gasteiger partial charge in [-0.3, -0.25) is 0 Å². The largest absolute Gasteiger partial charge is 0.421 e. The first kappa shape index (κ1) is 12.9. The highest BCUT2D eigenvalue weighted by molar-refractivity contribution is 5.98. The first-order chi connectivity index (χ1) is 6.29.